The summed E-state index contributed by atoms with van der Waals surface area (Å²) in [5.74, 6) is 0.0225. The Hall–Kier alpha value is -3.06. The van der Waals surface area contributed by atoms with Crippen LogP contribution in [0.15, 0.2) is 55.0 Å². The second kappa shape index (κ2) is 7.67. The maximum absolute atomic E-state index is 12.5. The van der Waals surface area contributed by atoms with Gasteiger partial charge in [0, 0.05) is 31.6 Å². The van der Waals surface area contributed by atoms with Crippen LogP contribution < -0.4 is 0 Å². The van der Waals surface area contributed by atoms with E-state index in [9.17, 15) is 9.90 Å². The number of aliphatic hydroxyl groups excluding tert-OH is 1. The highest BCUT2D eigenvalue weighted by Crippen LogP contribution is 2.21. The molecule has 27 heavy (non-hydrogen) atoms. The Morgan fingerprint density at radius 2 is 2.04 bits per heavy atom. The Morgan fingerprint density at radius 1 is 1.19 bits per heavy atom. The summed E-state index contributed by atoms with van der Waals surface area (Å²) in [6.45, 7) is 1.71. The van der Waals surface area contributed by atoms with E-state index >= 15 is 0 Å². The van der Waals surface area contributed by atoms with Crippen LogP contribution in [0.25, 0.3) is 0 Å². The number of hydrogen-bond acceptors (Lipinski definition) is 5. The van der Waals surface area contributed by atoms with Crippen molar-refractivity contribution in [2.24, 2.45) is 0 Å². The van der Waals surface area contributed by atoms with Gasteiger partial charge >= 0.3 is 0 Å². The molecule has 1 N–H and O–H groups in total. The van der Waals surface area contributed by atoms with E-state index in [0.717, 1.165) is 11.3 Å². The van der Waals surface area contributed by atoms with Crippen molar-refractivity contribution < 1.29 is 9.90 Å². The summed E-state index contributed by atoms with van der Waals surface area (Å²) in [7, 11) is 0. The zero-order valence-electron chi connectivity index (χ0n) is 14.9. The Bertz CT molecular complexity index is 911. The molecule has 0 saturated heterocycles. The fourth-order valence-electron chi connectivity index (χ4n) is 3.29. The lowest BCUT2D eigenvalue weighted by atomic mass is 10.1. The van der Waals surface area contributed by atoms with Crippen molar-refractivity contribution in [3.63, 3.8) is 0 Å². The highest BCUT2D eigenvalue weighted by atomic mass is 16.3. The fraction of sp³-hybridized carbons (Fsp3) is 0.300. The Balaban J connectivity index is 1.42. The van der Waals surface area contributed by atoms with Crippen LogP contribution >= 0.6 is 0 Å². The third kappa shape index (κ3) is 4.03. The Labute approximate surface area is 157 Å². The van der Waals surface area contributed by atoms with Crippen molar-refractivity contribution in [2.45, 2.75) is 32.0 Å². The number of carbonyl (C=O) groups excluding carboxylic acids is 1. The Kier molecular flexibility index (Phi) is 4.93. The van der Waals surface area contributed by atoms with Gasteiger partial charge in [-0.3, -0.25) is 19.4 Å². The van der Waals surface area contributed by atoms with E-state index in [1.165, 1.54) is 0 Å². The number of benzene rings is 1. The van der Waals surface area contributed by atoms with Crippen LogP contribution in [0.2, 0.25) is 0 Å². The van der Waals surface area contributed by atoms with Gasteiger partial charge in [0.2, 0.25) is 5.91 Å². The molecule has 0 aliphatic carbocycles. The summed E-state index contributed by atoms with van der Waals surface area (Å²) in [6.07, 6.45) is 4.90. The van der Waals surface area contributed by atoms with Gasteiger partial charge in [0.05, 0.1) is 36.6 Å². The molecule has 3 aromatic rings. The molecule has 1 amide bonds. The molecule has 0 radical (unpaired) electrons. The van der Waals surface area contributed by atoms with Gasteiger partial charge in [-0.05, 0) is 11.6 Å². The van der Waals surface area contributed by atoms with Crippen molar-refractivity contribution in [3.8, 4) is 0 Å². The first-order valence-electron chi connectivity index (χ1n) is 9.00. The predicted octanol–water partition coefficient (Wildman–Crippen LogP) is 1.53. The lowest BCUT2D eigenvalue weighted by molar-refractivity contribution is -0.132. The molecule has 7 nitrogen and oxygen atoms in total. The topological polar surface area (TPSA) is 84.1 Å². The molecule has 0 saturated carbocycles. The van der Waals surface area contributed by atoms with Crippen LogP contribution in [0.5, 0.6) is 0 Å². The van der Waals surface area contributed by atoms with Crippen molar-refractivity contribution in [2.75, 3.05) is 6.54 Å². The molecule has 1 aliphatic heterocycles. The van der Waals surface area contributed by atoms with Crippen LogP contribution in [-0.4, -0.2) is 42.2 Å². The number of rotatable bonds is 5. The fourth-order valence-corrected chi connectivity index (χ4v) is 3.29. The zero-order chi connectivity index (χ0) is 18.6. The van der Waals surface area contributed by atoms with Crippen molar-refractivity contribution in [3.05, 3.63) is 77.6 Å². The molecular formula is C20H21N5O2. The molecule has 2 aromatic heterocycles. The minimum atomic E-state index is -0.658. The van der Waals surface area contributed by atoms with Crippen LogP contribution in [-0.2, 0) is 30.7 Å². The van der Waals surface area contributed by atoms with E-state index in [2.05, 4.69) is 15.1 Å². The number of fused-ring (bicyclic) bond motifs is 1. The minimum absolute atomic E-state index is 0.0225. The smallest absolute Gasteiger partial charge is 0.229 e. The minimum Gasteiger partial charge on any atom is -0.386 e. The SMILES string of the molecule is O=C(Cc1cnccn1)N1CCn2nc(C(O)Cc3ccccc3)cc2C1. The van der Waals surface area contributed by atoms with E-state index in [4.69, 9.17) is 0 Å². The average Bonchev–Trinajstić information content (AvgIpc) is 3.13. The number of nitrogens with zero attached hydrogens (tertiary/aromatic N) is 5. The number of aromatic nitrogens is 4. The third-order valence-electron chi connectivity index (χ3n) is 4.73. The molecule has 4 rings (SSSR count). The van der Waals surface area contributed by atoms with E-state index in [1.807, 2.05) is 41.1 Å². The van der Waals surface area contributed by atoms with Gasteiger partial charge in [0.1, 0.15) is 6.10 Å². The van der Waals surface area contributed by atoms with Crippen LogP contribution in [0, 0.1) is 0 Å². The number of hydrogen-bond donors (Lipinski definition) is 1. The highest BCUT2D eigenvalue weighted by molar-refractivity contribution is 5.78. The molecule has 1 atom stereocenters. The molecule has 138 valence electrons. The van der Waals surface area contributed by atoms with Crippen molar-refractivity contribution in [1.82, 2.24) is 24.6 Å². The van der Waals surface area contributed by atoms with Gasteiger partial charge in [0.25, 0.3) is 0 Å². The van der Waals surface area contributed by atoms with Gasteiger partial charge < -0.3 is 10.0 Å². The lowest BCUT2D eigenvalue weighted by Gasteiger charge is -2.27. The molecule has 1 aliphatic rings. The molecule has 0 spiro atoms. The predicted molar refractivity (Wildman–Crippen MR) is 98.5 cm³/mol. The van der Waals surface area contributed by atoms with E-state index < -0.39 is 6.10 Å². The maximum Gasteiger partial charge on any atom is 0.229 e. The molecule has 0 fully saturated rings. The second-order valence-electron chi connectivity index (χ2n) is 6.68. The van der Waals surface area contributed by atoms with Crippen LogP contribution in [0.4, 0.5) is 0 Å². The number of carbonyl (C=O) groups is 1. The zero-order valence-corrected chi connectivity index (χ0v) is 14.9. The van der Waals surface area contributed by atoms with Gasteiger partial charge in [-0.1, -0.05) is 30.3 Å². The first-order chi connectivity index (χ1) is 13.2. The normalized spacial score (nSPS) is 14.6. The Morgan fingerprint density at radius 3 is 2.81 bits per heavy atom. The number of amides is 1. The maximum atomic E-state index is 12.5. The standard InChI is InChI=1S/C20H21N5O2/c26-19(10-15-4-2-1-3-5-15)18-12-17-14-24(8-9-25(17)23-18)20(27)11-16-13-21-6-7-22-16/h1-7,12-13,19,26H,8-11,14H2. The lowest BCUT2D eigenvalue weighted by Crippen LogP contribution is -2.39. The number of aliphatic hydroxyl groups is 1. The van der Waals surface area contributed by atoms with Crippen molar-refractivity contribution in [1.29, 1.82) is 0 Å². The van der Waals surface area contributed by atoms with Crippen LogP contribution in [0.3, 0.4) is 0 Å². The largest absolute Gasteiger partial charge is 0.386 e. The van der Waals surface area contributed by atoms with Gasteiger partial charge in [-0.2, -0.15) is 5.10 Å². The first-order valence-corrected chi connectivity index (χ1v) is 9.00. The average molecular weight is 363 g/mol. The van der Waals surface area contributed by atoms with Crippen molar-refractivity contribution >= 4 is 5.91 Å². The monoisotopic (exact) mass is 363 g/mol. The van der Waals surface area contributed by atoms with E-state index in [1.54, 1.807) is 23.5 Å². The molecular weight excluding hydrogens is 342 g/mol. The first kappa shape index (κ1) is 17.4. The second-order valence-corrected chi connectivity index (χ2v) is 6.68. The van der Waals surface area contributed by atoms with Crippen LogP contribution in [0.1, 0.15) is 28.7 Å². The molecule has 7 heteroatoms. The van der Waals surface area contributed by atoms with E-state index in [-0.39, 0.29) is 12.3 Å². The summed E-state index contributed by atoms with van der Waals surface area (Å²) in [5.41, 5.74) is 3.32. The molecule has 1 aromatic carbocycles. The quantitative estimate of drug-likeness (QED) is 0.743. The highest BCUT2D eigenvalue weighted by Gasteiger charge is 2.24. The summed E-state index contributed by atoms with van der Waals surface area (Å²) in [6, 6.07) is 11.8. The molecule has 0 bridgehead atoms. The summed E-state index contributed by atoms with van der Waals surface area (Å²) < 4.78 is 1.88. The molecule has 3 heterocycles. The summed E-state index contributed by atoms with van der Waals surface area (Å²) in [5, 5.41) is 15.1. The third-order valence-corrected chi connectivity index (χ3v) is 4.73. The molecule has 1 unspecified atom stereocenters. The summed E-state index contributed by atoms with van der Waals surface area (Å²) >= 11 is 0. The van der Waals surface area contributed by atoms with Gasteiger partial charge in [0.15, 0.2) is 0 Å². The van der Waals surface area contributed by atoms with E-state index in [0.29, 0.717) is 37.4 Å². The van der Waals surface area contributed by atoms with Gasteiger partial charge in [-0.25, -0.2) is 0 Å². The summed E-state index contributed by atoms with van der Waals surface area (Å²) in [4.78, 5) is 22.5. The van der Waals surface area contributed by atoms with Gasteiger partial charge in [-0.15, -0.1) is 0 Å².